The molecule has 0 saturated carbocycles. The third kappa shape index (κ3) is 4.94. The van der Waals surface area contributed by atoms with Gasteiger partial charge in [0.25, 0.3) is 5.91 Å². The predicted octanol–water partition coefficient (Wildman–Crippen LogP) is 2.17. The minimum absolute atomic E-state index is 0.266. The van der Waals surface area contributed by atoms with Crippen LogP contribution in [0.5, 0.6) is 0 Å². The second-order valence-electron chi connectivity index (χ2n) is 6.36. The van der Waals surface area contributed by atoms with Gasteiger partial charge in [0.2, 0.25) is 0 Å². The van der Waals surface area contributed by atoms with E-state index in [1.165, 1.54) is 18.9 Å². The molecule has 1 fully saturated rings. The van der Waals surface area contributed by atoms with Crippen LogP contribution in [-0.2, 0) is 0 Å². The van der Waals surface area contributed by atoms with Gasteiger partial charge in [-0.05, 0) is 43.4 Å². The van der Waals surface area contributed by atoms with Crippen molar-refractivity contribution in [3.05, 3.63) is 35.1 Å². The van der Waals surface area contributed by atoms with Crippen molar-refractivity contribution in [2.24, 2.45) is 10.9 Å². The van der Waals surface area contributed by atoms with E-state index in [-0.39, 0.29) is 11.7 Å². The van der Waals surface area contributed by atoms with Crippen LogP contribution in [0.15, 0.2) is 23.2 Å². The molecular formula is C18H27FN4O. The molecule has 2 N–H and O–H groups in total. The smallest absolute Gasteiger partial charge is 0.251 e. The quantitative estimate of drug-likeness (QED) is 0.504. The van der Waals surface area contributed by atoms with Crippen LogP contribution >= 0.6 is 0 Å². The van der Waals surface area contributed by atoms with E-state index in [9.17, 15) is 9.18 Å². The number of nitrogens with zero attached hydrogens (tertiary/aromatic N) is 2. The lowest BCUT2D eigenvalue weighted by atomic mass is 10.00. The molecule has 1 saturated heterocycles. The van der Waals surface area contributed by atoms with Gasteiger partial charge in [-0.3, -0.25) is 9.79 Å². The van der Waals surface area contributed by atoms with Crippen molar-refractivity contribution >= 4 is 11.9 Å². The molecule has 0 spiro atoms. The summed E-state index contributed by atoms with van der Waals surface area (Å²) in [6.07, 6.45) is 2.35. The van der Waals surface area contributed by atoms with E-state index in [0.29, 0.717) is 24.2 Å². The number of halogens is 1. The summed E-state index contributed by atoms with van der Waals surface area (Å²) < 4.78 is 13.5. The monoisotopic (exact) mass is 334 g/mol. The van der Waals surface area contributed by atoms with Gasteiger partial charge in [0, 0.05) is 38.8 Å². The number of guanidine groups is 1. The number of carbonyl (C=O) groups excluding carboxylic acids is 1. The van der Waals surface area contributed by atoms with Crippen molar-refractivity contribution in [3.63, 3.8) is 0 Å². The normalized spacial score (nSPS) is 16.2. The number of hydrogen-bond acceptors (Lipinski definition) is 2. The number of likely N-dealkylation sites (tertiary alicyclic amines) is 1. The average Bonchev–Trinajstić information content (AvgIpc) is 2.58. The molecule has 6 heteroatoms. The van der Waals surface area contributed by atoms with E-state index < -0.39 is 0 Å². The van der Waals surface area contributed by atoms with Crippen LogP contribution < -0.4 is 10.6 Å². The second-order valence-corrected chi connectivity index (χ2v) is 6.36. The van der Waals surface area contributed by atoms with Gasteiger partial charge in [-0.15, -0.1) is 0 Å². The molecule has 0 atom stereocenters. The molecule has 0 bridgehead atoms. The fraction of sp³-hybridized carbons (Fsp3) is 0.556. The Kier molecular flexibility index (Phi) is 6.58. The molecule has 2 rings (SSSR count). The van der Waals surface area contributed by atoms with E-state index in [2.05, 4.69) is 27.4 Å². The third-order valence-electron chi connectivity index (χ3n) is 4.42. The third-order valence-corrected chi connectivity index (χ3v) is 4.42. The molecule has 0 unspecified atom stereocenters. The SMILES string of the molecule is CN=C(NCCNC(=O)c1ccc(C)c(F)c1)N1CCC(C)CC1. The lowest BCUT2D eigenvalue weighted by Crippen LogP contribution is -2.47. The standard InChI is InChI=1S/C18H27FN4O/c1-13-6-10-23(11-7-13)18(20-3)22-9-8-21-17(24)15-5-4-14(2)16(19)12-15/h4-5,12-13H,6-11H2,1-3H3,(H,20,22)(H,21,24). The van der Waals surface area contributed by atoms with E-state index in [4.69, 9.17) is 0 Å². The minimum atomic E-state index is -0.361. The second kappa shape index (κ2) is 8.66. The molecule has 1 aliphatic heterocycles. The number of aliphatic imine (C=N–C) groups is 1. The summed E-state index contributed by atoms with van der Waals surface area (Å²) in [5.41, 5.74) is 0.875. The van der Waals surface area contributed by atoms with E-state index in [1.54, 1.807) is 26.1 Å². The molecule has 0 aromatic heterocycles. The molecule has 1 aliphatic rings. The number of piperidine rings is 1. The number of rotatable bonds is 4. The Bertz CT molecular complexity index is 595. The van der Waals surface area contributed by atoms with Crippen LogP contribution in [0.1, 0.15) is 35.7 Å². The first-order chi connectivity index (χ1) is 11.5. The van der Waals surface area contributed by atoms with Crippen LogP contribution in [0.2, 0.25) is 0 Å². The van der Waals surface area contributed by atoms with Crippen LogP contribution in [0, 0.1) is 18.7 Å². The summed E-state index contributed by atoms with van der Waals surface area (Å²) in [5.74, 6) is 1.02. The van der Waals surface area contributed by atoms with Gasteiger partial charge in [-0.1, -0.05) is 13.0 Å². The fourth-order valence-corrected chi connectivity index (χ4v) is 2.74. The Morgan fingerprint density at radius 2 is 1.96 bits per heavy atom. The van der Waals surface area contributed by atoms with Gasteiger partial charge < -0.3 is 15.5 Å². The highest BCUT2D eigenvalue weighted by Crippen LogP contribution is 2.15. The Hall–Kier alpha value is -2.11. The van der Waals surface area contributed by atoms with Crippen molar-refractivity contribution in [3.8, 4) is 0 Å². The first kappa shape index (κ1) is 18.2. The molecule has 1 heterocycles. The lowest BCUT2D eigenvalue weighted by Gasteiger charge is -2.32. The van der Waals surface area contributed by atoms with Crippen molar-refractivity contribution in [1.29, 1.82) is 0 Å². The molecule has 0 aliphatic carbocycles. The predicted molar refractivity (Wildman–Crippen MR) is 94.8 cm³/mol. The summed E-state index contributed by atoms with van der Waals surface area (Å²) in [6, 6.07) is 4.52. The Morgan fingerprint density at radius 1 is 1.29 bits per heavy atom. The minimum Gasteiger partial charge on any atom is -0.354 e. The number of nitrogens with one attached hydrogen (secondary N) is 2. The van der Waals surface area contributed by atoms with E-state index >= 15 is 0 Å². The van der Waals surface area contributed by atoms with E-state index in [1.807, 2.05) is 0 Å². The van der Waals surface area contributed by atoms with Crippen LogP contribution in [-0.4, -0.2) is 50.0 Å². The van der Waals surface area contributed by atoms with Gasteiger partial charge >= 0.3 is 0 Å². The molecule has 24 heavy (non-hydrogen) atoms. The van der Waals surface area contributed by atoms with E-state index in [0.717, 1.165) is 25.0 Å². The zero-order chi connectivity index (χ0) is 17.5. The van der Waals surface area contributed by atoms with Gasteiger partial charge in [0.15, 0.2) is 5.96 Å². The fourth-order valence-electron chi connectivity index (χ4n) is 2.74. The maximum Gasteiger partial charge on any atom is 0.251 e. The highest BCUT2D eigenvalue weighted by atomic mass is 19.1. The molecule has 5 nitrogen and oxygen atoms in total. The highest BCUT2D eigenvalue weighted by molar-refractivity contribution is 5.94. The summed E-state index contributed by atoms with van der Waals surface area (Å²) in [6.45, 7) is 7.01. The zero-order valence-electron chi connectivity index (χ0n) is 14.7. The Labute approximate surface area is 143 Å². The number of hydrogen-bond donors (Lipinski definition) is 2. The number of aryl methyl sites for hydroxylation is 1. The van der Waals surface area contributed by atoms with Gasteiger partial charge in [-0.25, -0.2) is 4.39 Å². The number of amides is 1. The summed E-state index contributed by atoms with van der Waals surface area (Å²) in [7, 11) is 1.77. The number of benzene rings is 1. The number of carbonyl (C=O) groups is 1. The first-order valence-electron chi connectivity index (χ1n) is 8.51. The molecule has 0 radical (unpaired) electrons. The topological polar surface area (TPSA) is 56.7 Å². The summed E-state index contributed by atoms with van der Waals surface area (Å²) in [5, 5.41) is 6.06. The average molecular weight is 334 g/mol. The van der Waals surface area contributed by atoms with Gasteiger partial charge in [-0.2, -0.15) is 0 Å². The van der Waals surface area contributed by atoms with Crippen molar-refractivity contribution in [2.75, 3.05) is 33.2 Å². The largest absolute Gasteiger partial charge is 0.354 e. The van der Waals surface area contributed by atoms with Crippen molar-refractivity contribution in [2.45, 2.75) is 26.7 Å². The maximum atomic E-state index is 13.5. The van der Waals surface area contributed by atoms with Crippen LogP contribution in [0.3, 0.4) is 0 Å². The molecular weight excluding hydrogens is 307 g/mol. The Balaban J connectivity index is 1.75. The van der Waals surface area contributed by atoms with Crippen molar-refractivity contribution in [1.82, 2.24) is 15.5 Å². The van der Waals surface area contributed by atoms with Gasteiger partial charge in [0.05, 0.1) is 0 Å². The Morgan fingerprint density at radius 3 is 2.58 bits per heavy atom. The maximum absolute atomic E-state index is 13.5. The molecule has 1 amide bonds. The molecule has 1 aromatic rings. The van der Waals surface area contributed by atoms with Crippen molar-refractivity contribution < 1.29 is 9.18 Å². The summed E-state index contributed by atoms with van der Waals surface area (Å²) >= 11 is 0. The first-order valence-corrected chi connectivity index (χ1v) is 8.51. The van der Waals surface area contributed by atoms with Gasteiger partial charge in [0.1, 0.15) is 5.82 Å². The molecule has 132 valence electrons. The van der Waals surface area contributed by atoms with Crippen LogP contribution in [0.4, 0.5) is 4.39 Å². The zero-order valence-corrected chi connectivity index (χ0v) is 14.7. The lowest BCUT2D eigenvalue weighted by molar-refractivity contribution is 0.0953. The van der Waals surface area contributed by atoms with Crippen LogP contribution in [0.25, 0.3) is 0 Å². The highest BCUT2D eigenvalue weighted by Gasteiger charge is 2.18. The summed E-state index contributed by atoms with van der Waals surface area (Å²) in [4.78, 5) is 18.6. The molecule has 1 aromatic carbocycles.